The van der Waals surface area contributed by atoms with Crippen molar-refractivity contribution in [1.82, 2.24) is 0 Å². The van der Waals surface area contributed by atoms with E-state index in [-0.39, 0.29) is 5.48 Å². The first-order chi connectivity index (χ1) is 24.4. The SMILES string of the molecule is C/C=C/C.O.O=[N+]([O-])O[P+](c1ccccc1)(c1ccccc1)c1ccccc1.O=[N+]([O-])O[P+](c1ccccc1)(c1ccccc1)c1ccccc1. The average molecular weight is 723 g/mol. The fraction of sp³-hybridized carbons (Fsp3) is 0.0500. The molecule has 0 aliphatic heterocycles. The first-order valence-corrected chi connectivity index (χ1v) is 19.2. The summed E-state index contributed by atoms with van der Waals surface area (Å²) in [6.07, 6.45) is 4.00. The molecule has 260 valence electrons. The number of allylic oxidation sites excluding steroid dienone is 2. The second-order valence-electron chi connectivity index (χ2n) is 10.5. The number of nitrogens with zero attached hydrogens (tertiary/aromatic N) is 2. The maximum Gasteiger partial charge on any atom is 0.327 e. The highest BCUT2D eigenvalue weighted by Gasteiger charge is 2.52. The molecule has 0 aromatic heterocycles. The Morgan fingerprint density at radius 1 is 0.392 bits per heavy atom. The number of rotatable bonds is 10. The zero-order valence-electron chi connectivity index (χ0n) is 28.2. The molecule has 0 spiro atoms. The van der Waals surface area contributed by atoms with Crippen LogP contribution in [0.4, 0.5) is 0 Å². The summed E-state index contributed by atoms with van der Waals surface area (Å²) in [4.78, 5) is 22.7. The van der Waals surface area contributed by atoms with E-state index in [0.29, 0.717) is 0 Å². The minimum Gasteiger partial charge on any atom is -0.412 e. The first-order valence-electron chi connectivity index (χ1n) is 15.8. The molecule has 0 saturated heterocycles. The third-order valence-electron chi connectivity index (χ3n) is 7.43. The lowest BCUT2D eigenvalue weighted by Crippen LogP contribution is -2.34. The highest BCUT2D eigenvalue weighted by atomic mass is 31.2. The summed E-state index contributed by atoms with van der Waals surface area (Å²) in [7, 11) is -5.62. The Labute approximate surface area is 299 Å². The summed E-state index contributed by atoms with van der Waals surface area (Å²) < 4.78 is 10.9. The molecule has 0 heterocycles. The van der Waals surface area contributed by atoms with Gasteiger partial charge in [-0.3, -0.25) is 0 Å². The Morgan fingerprint density at radius 3 is 0.667 bits per heavy atom. The molecule has 0 fully saturated rings. The molecule has 0 radical (unpaired) electrons. The first kappa shape index (κ1) is 39.7. The quantitative estimate of drug-likeness (QED) is 0.0649. The topological polar surface area (TPSA) is 136 Å². The van der Waals surface area contributed by atoms with Gasteiger partial charge < -0.3 is 5.48 Å². The maximum absolute atomic E-state index is 11.3. The van der Waals surface area contributed by atoms with E-state index in [0.717, 1.165) is 31.8 Å². The normalized spacial score (nSPS) is 10.6. The lowest BCUT2D eigenvalue weighted by Gasteiger charge is -2.22. The van der Waals surface area contributed by atoms with E-state index in [4.69, 9.17) is 9.25 Å². The van der Waals surface area contributed by atoms with Gasteiger partial charge in [0, 0.05) is 0 Å². The van der Waals surface area contributed by atoms with Crippen molar-refractivity contribution in [3.8, 4) is 0 Å². The second-order valence-corrected chi connectivity index (χ2v) is 16.4. The Kier molecular flexibility index (Phi) is 15.6. The molecule has 0 bridgehead atoms. The number of hydrogen-bond donors (Lipinski definition) is 0. The van der Waals surface area contributed by atoms with Gasteiger partial charge in [-0.25, -0.2) is 0 Å². The molecule has 0 unspecified atom stereocenters. The highest BCUT2D eigenvalue weighted by Crippen LogP contribution is 2.57. The molecule has 0 aliphatic carbocycles. The van der Waals surface area contributed by atoms with Crippen LogP contribution in [0.15, 0.2) is 194 Å². The van der Waals surface area contributed by atoms with Crippen LogP contribution in [0.5, 0.6) is 0 Å². The van der Waals surface area contributed by atoms with Crippen molar-refractivity contribution < 1.29 is 24.9 Å². The van der Waals surface area contributed by atoms with Crippen LogP contribution in [0.2, 0.25) is 0 Å². The van der Waals surface area contributed by atoms with E-state index in [1.165, 1.54) is 0 Å². The van der Waals surface area contributed by atoms with Crippen molar-refractivity contribution in [2.75, 3.05) is 0 Å². The monoisotopic (exact) mass is 722 g/mol. The van der Waals surface area contributed by atoms with Crippen LogP contribution in [0.3, 0.4) is 0 Å². The smallest absolute Gasteiger partial charge is 0.327 e. The largest absolute Gasteiger partial charge is 0.412 e. The predicted octanol–water partition coefficient (Wildman–Crippen LogP) is 6.97. The summed E-state index contributed by atoms with van der Waals surface area (Å²) in [6.45, 7) is 4.00. The zero-order chi connectivity index (χ0) is 35.7. The molecule has 11 heteroatoms. The zero-order valence-corrected chi connectivity index (χ0v) is 30.0. The minimum atomic E-state index is -2.81. The van der Waals surface area contributed by atoms with Gasteiger partial charge in [-0.15, -0.1) is 20.2 Å². The van der Waals surface area contributed by atoms with Gasteiger partial charge >= 0.3 is 25.2 Å². The predicted molar refractivity (Wildman–Crippen MR) is 211 cm³/mol. The summed E-state index contributed by atoms with van der Waals surface area (Å²) in [5.74, 6) is 0. The lowest BCUT2D eigenvalue weighted by molar-refractivity contribution is -0.712. The third kappa shape index (κ3) is 9.93. The van der Waals surface area contributed by atoms with E-state index < -0.39 is 25.2 Å². The van der Waals surface area contributed by atoms with Crippen LogP contribution in [0.25, 0.3) is 0 Å². The average Bonchev–Trinajstić information content (AvgIpc) is 3.18. The van der Waals surface area contributed by atoms with E-state index in [9.17, 15) is 20.2 Å². The van der Waals surface area contributed by atoms with Gasteiger partial charge in [0.2, 0.25) is 0 Å². The van der Waals surface area contributed by atoms with Gasteiger partial charge in [0.05, 0.1) is 0 Å². The Balaban J connectivity index is 0.000000245. The fourth-order valence-electron chi connectivity index (χ4n) is 5.20. The van der Waals surface area contributed by atoms with E-state index in [2.05, 4.69) is 0 Å². The van der Waals surface area contributed by atoms with Crippen LogP contribution in [0.1, 0.15) is 13.8 Å². The third-order valence-corrected chi connectivity index (χ3v) is 14.3. The van der Waals surface area contributed by atoms with Crippen LogP contribution in [-0.4, -0.2) is 15.6 Å². The molecular weight excluding hydrogens is 682 g/mol. The molecule has 6 aromatic carbocycles. The van der Waals surface area contributed by atoms with Crippen molar-refractivity contribution in [3.05, 3.63) is 214 Å². The molecule has 0 aliphatic rings. The van der Waals surface area contributed by atoms with Gasteiger partial charge in [0.25, 0.3) is 0 Å². The Hall–Kier alpha value is -5.72. The van der Waals surface area contributed by atoms with E-state index in [1.807, 2.05) is 208 Å². The maximum atomic E-state index is 11.3. The van der Waals surface area contributed by atoms with Crippen molar-refractivity contribution >= 4 is 46.8 Å². The van der Waals surface area contributed by atoms with Crippen LogP contribution >= 0.6 is 15.0 Å². The second kappa shape index (κ2) is 20.1. The van der Waals surface area contributed by atoms with Gasteiger partial charge in [-0.2, -0.15) is 9.25 Å². The van der Waals surface area contributed by atoms with E-state index in [1.54, 1.807) is 0 Å². The molecule has 6 aromatic rings. The Bertz CT molecular complexity index is 1590. The highest BCUT2D eigenvalue weighted by molar-refractivity contribution is 7.92. The van der Waals surface area contributed by atoms with Gasteiger partial charge in [0.1, 0.15) is 31.8 Å². The van der Waals surface area contributed by atoms with Crippen molar-refractivity contribution in [2.24, 2.45) is 0 Å². The van der Waals surface area contributed by atoms with Gasteiger partial charge in [0.15, 0.2) is 0 Å². The number of hydrogen-bond acceptors (Lipinski definition) is 6. The summed E-state index contributed by atoms with van der Waals surface area (Å²) >= 11 is 0. The molecule has 51 heavy (non-hydrogen) atoms. The Morgan fingerprint density at radius 2 is 0.549 bits per heavy atom. The summed E-state index contributed by atoms with van der Waals surface area (Å²) in [5.41, 5.74) is 0. The molecule has 0 saturated carbocycles. The van der Waals surface area contributed by atoms with Crippen molar-refractivity contribution in [2.45, 2.75) is 13.8 Å². The van der Waals surface area contributed by atoms with Crippen molar-refractivity contribution in [1.29, 1.82) is 0 Å². The molecule has 2 N–H and O–H groups in total. The number of benzene rings is 6. The molecular formula is C40H40N2O7P2+2. The molecule has 0 amide bonds. The standard InChI is InChI=1S/2C18H15NO3P.C4H8.H2O/c2*20-19(21)22-23(16-10-4-1-5-11-16,17-12-6-2-7-13-17)18-14-8-3-9-15-18;1-3-4-2;/h2*1-15H;3-4H,1-2H3;1H2/q2*+1;;/b;;4-3+;. The molecule has 0 atom stereocenters. The van der Waals surface area contributed by atoms with Crippen LogP contribution in [0, 0.1) is 20.2 Å². The van der Waals surface area contributed by atoms with Gasteiger partial charge in [-0.05, 0) is 86.6 Å². The summed E-state index contributed by atoms with van der Waals surface area (Å²) in [5, 5.41) is 26.2. The lowest BCUT2D eigenvalue weighted by atomic mass is 10.4. The van der Waals surface area contributed by atoms with E-state index >= 15 is 0 Å². The fourth-order valence-corrected chi connectivity index (χ4v) is 11.5. The van der Waals surface area contributed by atoms with Crippen LogP contribution in [-0.2, 0) is 9.25 Å². The van der Waals surface area contributed by atoms with Crippen LogP contribution < -0.4 is 31.8 Å². The van der Waals surface area contributed by atoms with Gasteiger partial charge in [-0.1, -0.05) is 121 Å². The minimum absolute atomic E-state index is 0. The molecule has 6 rings (SSSR count). The summed E-state index contributed by atoms with van der Waals surface area (Å²) in [6, 6.07) is 56.5. The van der Waals surface area contributed by atoms with Crippen molar-refractivity contribution in [3.63, 3.8) is 0 Å². The molecule has 9 nitrogen and oxygen atoms in total.